The third-order valence-electron chi connectivity index (χ3n) is 5.58. The Morgan fingerprint density at radius 1 is 1.14 bits per heavy atom. The van der Waals surface area contributed by atoms with Crippen molar-refractivity contribution in [2.75, 3.05) is 19.6 Å². The largest absolute Gasteiger partial charge is 0.444 e. The quantitative estimate of drug-likeness (QED) is 0.861. The van der Waals surface area contributed by atoms with Gasteiger partial charge in [0.15, 0.2) is 0 Å². The van der Waals surface area contributed by atoms with Crippen molar-refractivity contribution >= 4 is 12.0 Å². The summed E-state index contributed by atoms with van der Waals surface area (Å²) in [6.07, 6.45) is 2.07. The molecule has 2 saturated heterocycles. The summed E-state index contributed by atoms with van der Waals surface area (Å²) in [6.45, 7) is 10.1. The van der Waals surface area contributed by atoms with Gasteiger partial charge in [-0.05, 0) is 52.5 Å². The number of hydrogen-bond donors (Lipinski definition) is 1. The molecule has 154 valence electrons. The van der Waals surface area contributed by atoms with Crippen LogP contribution in [0, 0.1) is 0 Å². The van der Waals surface area contributed by atoms with Crippen molar-refractivity contribution in [3.8, 4) is 0 Å². The molecule has 6 nitrogen and oxygen atoms in total. The average Bonchev–Trinajstić information content (AvgIpc) is 3.30. The predicted molar refractivity (Wildman–Crippen MR) is 109 cm³/mol. The smallest absolute Gasteiger partial charge is 0.410 e. The summed E-state index contributed by atoms with van der Waals surface area (Å²) < 4.78 is 5.47. The number of carbonyl (C=O) groups is 2. The molecule has 0 saturated carbocycles. The van der Waals surface area contributed by atoms with Crippen molar-refractivity contribution < 1.29 is 14.3 Å². The van der Waals surface area contributed by atoms with Gasteiger partial charge in [-0.3, -0.25) is 14.6 Å². The van der Waals surface area contributed by atoms with E-state index in [1.165, 1.54) is 5.56 Å². The summed E-state index contributed by atoms with van der Waals surface area (Å²) in [5.74, 6) is -0.0532. The normalized spacial score (nSPS) is 24.2. The summed E-state index contributed by atoms with van der Waals surface area (Å²) in [6, 6.07) is 10.5. The highest BCUT2D eigenvalue weighted by Gasteiger charge is 2.38. The van der Waals surface area contributed by atoms with Gasteiger partial charge in [-0.2, -0.15) is 0 Å². The van der Waals surface area contributed by atoms with Crippen molar-refractivity contribution in [2.45, 2.75) is 70.7 Å². The van der Waals surface area contributed by atoms with Crippen LogP contribution in [0.15, 0.2) is 30.3 Å². The number of carbonyl (C=O) groups excluding carboxylic acids is 2. The van der Waals surface area contributed by atoms with Crippen molar-refractivity contribution in [1.29, 1.82) is 0 Å². The van der Waals surface area contributed by atoms with Crippen LogP contribution in [0.5, 0.6) is 0 Å². The number of nitrogens with one attached hydrogen (secondary N) is 1. The molecule has 2 heterocycles. The van der Waals surface area contributed by atoms with Gasteiger partial charge >= 0.3 is 6.09 Å². The molecule has 0 bridgehead atoms. The molecular weight excluding hydrogens is 354 g/mol. The van der Waals surface area contributed by atoms with Crippen LogP contribution in [0.2, 0.25) is 0 Å². The zero-order valence-electron chi connectivity index (χ0n) is 17.5. The number of nitrogens with zero attached hydrogens (tertiary/aromatic N) is 2. The second-order valence-electron chi connectivity index (χ2n) is 8.91. The molecule has 1 aromatic rings. The molecule has 2 aliphatic heterocycles. The second kappa shape index (κ2) is 8.52. The SMILES string of the molecule is CC(c1ccccc1)N1CCC(NC(=O)C2CCCN2C(=O)OC(C)(C)C)C1. The first-order chi connectivity index (χ1) is 13.2. The molecule has 2 fully saturated rings. The summed E-state index contributed by atoms with van der Waals surface area (Å²) in [5, 5.41) is 3.17. The van der Waals surface area contributed by atoms with E-state index < -0.39 is 17.7 Å². The van der Waals surface area contributed by atoms with Crippen LogP contribution < -0.4 is 5.32 Å². The average molecular weight is 388 g/mol. The highest BCUT2D eigenvalue weighted by molar-refractivity contribution is 5.86. The molecule has 0 spiro atoms. The molecule has 28 heavy (non-hydrogen) atoms. The van der Waals surface area contributed by atoms with Gasteiger partial charge in [0.1, 0.15) is 11.6 Å². The minimum absolute atomic E-state index is 0.0532. The van der Waals surface area contributed by atoms with E-state index in [1.807, 2.05) is 26.8 Å². The minimum atomic E-state index is -0.555. The molecule has 3 atom stereocenters. The zero-order chi connectivity index (χ0) is 20.3. The van der Waals surface area contributed by atoms with Crippen LogP contribution in [-0.4, -0.2) is 59.1 Å². The lowest BCUT2D eigenvalue weighted by molar-refractivity contribution is -0.126. The van der Waals surface area contributed by atoms with Crippen LogP contribution in [0.3, 0.4) is 0 Å². The van der Waals surface area contributed by atoms with Gasteiger partial charge < -0.3 is 10.1 Å². The first-order valence-corrected chi connectivity index (χ1v) is 10.3. The third kappa shape index (κ3) is 5.04. The Morgan fingerprint density at radius 2 is 1.86 bits per heavy atom. The van der Waals surface area contributed by atoms with Crippen molar-refractivity contribution in [3.05, 3.63) is 35.9 Å². The van der Waals surface area contributed by atoms with Crippen LogP contribution >= 0.6 is 0 Å². The summed E-state index contributed by atoms with van der Waals surface area (Å²) >= 11 is 0. The van der Waals surface area contributed by atoms with E-state index in [1.54, 1.807) is 4.90 Å². The number of ether oxygens (including phenoxy) is 1. The number of hydrogen-bond acceptors (Lipinski definition) is 4. The standard InChI is InChI=1S/C22H33N3O3/c1-16(17-9-6-5-7-10-17)24-14-12-18(15-24)23-20(26)19-11-8-13-25(19)21(27)28-22(2,3)4/h5-7,9-10,16,18-19H,8,11-15H2,1-4H3,(H,23,26). The minimum Gasteiger partial charge on any atom is -0.444 e. The summed E-state index contributed by atoms with van der Waals surface area (Å²) in [4.78, 5) is 29.3. The number of rotatable bonds is 4. The zero-order valence-corrected chi connectivity index (χ0v) is 17.5. The molecule has 1 aromatic carbocycles. The molecule has 2 amide bonds. The fourth-order valence-corrected chi connectivity index (χ4v) is 4.08. The monoisotopic (exact) mass is 387 g/mol. The lowest BCUT2D eigenvalue weighted by Crippen LogP contribution is -2.50. The fourth-order valence-electron chi connectivity index (χ4n) is 4.08. The molecular formula is C22H33N3O3. The Balaban J connectivity index is 1.54. The van der Waals surface area contributed by atoms with E-state index in [9.17, 15) is 9.59 Å². The first-order valence-electron chi connectivity index (χ1n) is 10.3. The van der Waals surface area contributed by atoms with Crippen molar-refractivity contribution in [1.82, 2.24) is 15.1 Å². The van der Waals surface area contributed by atoms with Gasteiger partial charge in [0, 0.05) is 31.7 Å². The molecule has 0 radical (unpaired) electrons. The summed E-state index contributed by atoms with van der Waals surface area (Å²) in [5.41, 5.74) is 0.738. The molecule has 0 aliphatic carbocycles. The third-order valence-corrected chi connectivity index (χ3v) is 5.58. The van der Waals surface area contributed by atoms with Gasteiger partial charge in [-0.1, -0.05) is 30.3 Å². The molecule has 3 rings (SSSR count). The molecule has 2 aliphatic rings. The lowest BCUT2D eigenvalue weighted by atomic mass is 10.1. The number of benzene rings is 1. The molecule has 0 aromatic heterocycles. The van der Waals surface area contributed by atoms with Gasteiger partial charge in [0.2, 0.25) is 5.91 Å². The highest BCUT2D eigenvalue weighted by atomic mass is 16.6. The van der Waals surface area contributed by atoms with E-state index in [0.29, 0.717) is 19.0 Å². The maximum Gasteiger partial charge on any atom is 0.410 e. The number of likely N-dealkylation sites (tertiary alicyclic amines) is 2. The van der Waals surface area contributed by atoms with Gasteiger partial charge in [0.25, 0.3) is 0 Å². The summed E-state index contributed by atoms with van der Waals surface area (Å²) in [7, 11) is 0. The van der Waals surface area contributed by atoms with Gasteiger partial charge in [-0.25, -0.2) is 4.79 Å². The number of amides is 2. The van der Waals surface area contributed by atoms with E-state index >= 15 is 0 Å². The maximum atomic E-state index is 12.8. The predicted octanol–water partition coefficient (Wildman–Crippen LogP) is 3.34. The molecule has 3 unspecified atom stereocenters. The van der Waals surface area contributed by atoms with E-state index in [-0.39, 0.29) is 11.9 Å². The molecule has 6 heteroatoms. The Hall–Kier alpha value is -2.08. The van der Waals surface area contributed by atoms with E-state index in [4.69, 9.17) is 4.74 Å². The Kier molecular flexibility index (Phi) is 6.28. The maximum absolute atomic E-state index is 12.8. The van der Waals surface area contributed by atoms with Gasteiger partial charge in [-0.15, -0.1) is 0 Å². The Morgan fingerprint density at radius 3 is 2.54 bits per heavy atom. The van der Waals surface area contributed by atoms with E-state index in [0.717, 1.165) is 25.9 Å². The van der Waals surface area contributed by atoms with Crippen LogP contribution in [0.4, 0.5) is 4.79 Å². The first kappa shape index (κ1) is 20.6. The van der Waals surface area contributed by atoms with Crippen LogP contribution in [0.1, 0.15) is 58.6 Å². The van der Waals surface area contributed by atoms with E-state index in [2.05, 4.69) is 41.4 Å². The van der Waals surface area contributed by atoms with Gasteiger partial charge in [0.05, 0.1) is 0 Å². The highest BCUT2D eigenvalue weighted by Crippen LogP contribution is 2.25. The Labute approximate surface area is 168 Å². The lowest BCUT2D eigenvalue weighted by Gasteiger charge is -2.29. The molecule has 1 N–H and O–H groups in total. The van der Waals surface area contributed by atoms with Crippen molar-refractivity contribution in [2.24, 2.45) is 0 Å². The Bertz CT molecular complexity index is 686. The van der Waals surface area contributed by atoms with Crippen LogP contribution in [0.25, 0.3) is 0 Å². The van der Waals surface area contributed by atoms with Crippen molar-refractivity contribution in [3.63, 3.8) is 0 Å². The van der Waals surface area contributed by atoms with Crippen LogP contribution in [-0.2, 0) is 9.53 Å². The topological polar surface area (TPSA) is 61.9 Å². The second-order valence-corrected chi connectivity index (χ2v) is 8.91. The fraction of sp³-hybridized carbons (Fsp3) is 0.636.